The fourth-order valence-electron chi connectivity index (χ4n) is 4.72. The van der Waals surface area contributed by atoms with Gasteiger partial charge in [0.15, 0.2) is 9.84 Å². The number of pyridine rings is 1. The quantitative estimate of drug-likeness (QED) is 0.704. The molecule has 1 N–H and O–H groups in total. The van der Waals surface area contributed by atoms with E-state index >= 15 is 0 Å². The van der Waals surface area contributed by atoms with Crippen LogP contribution in [0.5, 0.6) is 0 Å². The van der Waals surface area contributed by atoms with Crippen molar-refractivity contribution in [2.75, 3.05) is 18.6 Å². The van der Waals surface area contributed by atoms with Crippen LogP contribution in [0.1, 0.15) is 17.5 Å². The van der Waals surface area contributed by atoms with Gasteiger partial charge in [0.05, 0.1) is 28.0 Å². The minimum Gasteiger partial charge on any atom is -0.384 e. The number of fused-ring (bicyclic) bond motifs is 2. The van der Waals surface area contributed by atoms with Gasteiger partial charge in [-0.05, 0) is 47.4 Å². The van der Waals surface area contributed by atoms with Gasteiger partial charge < -0.3 is 9.88 Å². The summed E-state index contributed by atoms with van der Waals surface area (Å²) in [5, 5.41) is 3.30. The number of nitrogens with one attached hydrogen (secondary N) is 1. The third kappa shape index (κ3) is 3.53. The summed E-state index contributed by atoms with van der Waals surface area (Å²) in [4.78, 5) is 13.4. The first-order chi connectivity index (χ1) is 15.6. The summed E-state index contributed by atoms with van der Waals surface area (Å²) in [6, 6.07) is 9.45. The highest BCUT2D eigenvalue weighted by molar-refractivity contribution is 7.91. The Bertz CT molecular complexity index is 1530. The molecule has 1 aromatic heterocycles. The highest BCUT2D eigenvalue weighted by Gasteiger charge is 2.42. The zero-order chi connectivity index (χ0) is 23.5. The smallest absolute Gasteiger partial charge is 0.264 e. The number of sulfone groups is 1. The van der Waals surface area contributed by atoms with E-state index in [0.29, 0.717) is 46.5 Å². The Morgan fingerprint density at radius 2 is 1.82 bits per heavy atom. The van der Waals surface area contributed by atoms with Gasteiger partial charge in [-0.1, -0.05) is 18.2 Å². The van der Waals surface area contributed by atoms with Gasteiger partial charge in [-0.25, -0.2) is 16.8 Å². The molecule has 3 heterocycles. The second-order valence-electron chi connectivity index (χ2n) is 8.51. The molecule has 172 valence electrons. The van der Waals surface area contributed by atoms with Crippen LogP contribution in [0, 0.1) is 0 Å². The van der Waals surface area contributed by atoms with Crippen LogP contribution in [0.2, 0.25) is 0 Å². The molecule has 0 radical (unpaired) electrons. The maximum atomic E-state index is 13.5. The molecule has 0 fully saturated rings. The summed E-state index contributed by atoms with van der Waals surface area (Å²) in [7, 11) is -5.62. The lowest BCUT2D eigenvalue weighted by Crippen LogP contribution is -2.41. The minimum atomic E-state index is -3.84. The Morgan fingerprint density at radius 3 is 2.52 bits per heavy atom. The number of aromatic nitrogens is 1. The number of rotatable bonds is 4. The van der Waals surface area contributed by atoms with E-state index in [1.165, 1.54) is 8.87 Å². The first kappa shape index (κ1) is 21.7. The number of benzene rings is 1. The Kier molecular flexibility index (Phi) is 4.91. The number of nitrogens with zero attached hydrogens (tertiary/aromatic N) is 2. The van der Waals surface area contributed by atoms with Crippen molar-refractivity contribution in [1.82, 2.24) is 14.2 Å². The summed E-state index contributed by atoms with van der Waals surface area (Å²) in [6.07, 6.45) is 6.55. The fraction of sp³-hybridized carbons (Fsp3) is 0.261. The molecular weight excluding hydrogens is 462 g/mol. The van der Waals surface area contributed by atoms with Crippen molar-refractivity contribution in [1.29, 1.82) is 0 Å². The van der Waals surface area contributed by atoms with Gasteiger partial charge in [0, 0.05) is 37.8 Å². The third-order valence-corrected chi connectivity index (χ3v) is 8.76. The van der Waals surface area contributed by atoms with E-state index in [0.717, 1.165) is 6.26 Å². The number of aryl methyl sites for hydroxylation is 1. The molecular formula is C23H23N3O5S2. The largest absolute Gasteiger partial charge is 0.384 e. The van der Waals surface area contributed by atoms with Crippen LogP contribution in [0.3, 0.4) is 0 Å². The molecule has 1 atom stereocenters. The van der Waals surface area contributed by atoms with Crippen molar-refractivity contribution in [3.63, 3.8) is 0 Å². The molecule has 0 spiro atoms. The van der Waals surface area contributed by atoms with E-state index in [1.54, 1.807) is 61.9 Å². The maximum absolute atomic E-state index is 13.5. The Labute approximate surface area is 192 Å². The van der Waals surface area contributed by atoms with Crippen LogP contribution in [0.15, 0.2) is 75.7 Å². The average Bonchev–Trinajstić information content (AvgIpc) is 3.08. The van der Waals surface area contributed by atoms with Crippen molar-refractivity contribution < 1.29 is 16.8 Å². The highest BCUT2D eigenvalue weighted by Crippen LogP contribution is 2.44. The van der Waals surface area contributed by atoms with Crippen molar-refractivity contribution in [2.45, 2.75) is 17.4 Å². The summed E-state index contributed by atoms with van der Waals surface area (Å²) in [5.74, 6) is -0.263. The van der Waals surface area contributed by atoms with Crippen LogP contribution in [-0.4, -0.2) is 50.3 Å². The minimum absolute atomic E-state index is 0.177. The Morgan fingerprint density at radius 1 is 1.09 bits per heavy atom. The van der Waals surface area contributed by atoms with Gasteiger partial charge >= 0.3 is 0 Å². The van der Waals surface area contributed by atoms with E-state index in [9.17, 15) is 21.6 Å². The van der Waals surface area contributed by atoms with Gasteiger partial charge in [0.25, 0.3) is 15.6 Å². The highest BCUT2D eigenvalue weighted by atomic mass is 32.2. The summed E-state index contributed by atoms with van der Waals surface area (Å²) in [5.41, 5.74) is 2.98. The zero-order valence-electron chi connectivity index (χ0n) is 18.1. The lowest BCUT2D eigenvalue weighted by molar-refractivity contribution is 0.426. The molecule has 0 saturated carbocycles. The summed E-state index contributed by atoms with van der Waals surface area (Å²) in [6.45, 7) is 0.477. The van der Waals surface area contributed by atoms with E-state index in [4.69, 9.17) is 0 Å². The molecule has 0 amide bonds. The molecule has 8 nitrogen and oxygen atoms in total. The molecule has 33 heavy (non-hydrogen) atoms. The van der Waals surface area contributed by atoms with Crippen LogP contribution in [0.25, 0.3) is 11.3 Å². The van der Waals surface area contributed by atoms with Crippen molar-refractivity contribution in [2.24, 2.45) is 7.05 Å². The lowest BCUT2D eigenvalue weighted by atomic mass is 9.92. The first-order valence-electron chi connectivity index (χ1n) is 10.5. The summed E-state index contributed by atoms with van der Waals surface area (Å²) < 4.78 is 54.2. The molecule has 10 heteroatoms. The molecule has 1 aliphatic carbocycles. The standard InChI is InChI=1S/C23H23N3O5S2/c1-25-11-9-18-16(14-32(2,28)29)12-15-13-26(33(30,31)17-6-4-3-5-7-17)19-8-10-24-22(20(15)19)21(18)23(25)27/h3-7,9,11-13,19,24H,8,10,14H2,1-2H3. The van der Waals surface area contributed by atoms with Gasteiger partial charge in [0.2, 0.25) is 0 Å². The molecule has 3 aliphatic rings. The normalized spacial score (nSPS) is 19.8. The average molecular weight is 486 g/mol. The molecule has 2 aromatic rings. The van der Waals surface area contributed by atoms with Gasteiger partial charge in [-0.2, -0.15) is 0 Å². The topological polar surface area (TPSA) is 106 Å². The van der Waals surface area contributed by atoms with Crippen molar-refractivity contribution in [3.05, 3.63) is 87.5 Å². The molecule has 2 aliphatic heterocycles. The van der Waals surface area contributed by atoms with Crippen LogP contribution < -0.4 is 10.9 Å². The van der Waals surface area contributed by atoms with Gasteiger partial charge in [-0.3, -0.25) is 9.10 Å². The predicted molar refractivity (Wildman–Crippen MR) is 126 cm³/mol. The van der Waals surface area contributed by atoms with Gasteiger partial charge in [-0.15, -0.1) is 0 Å². The van der Waals surface area contributed by atoms with Crippen LogP contribution in [-0.2, 0) is 26.9 Å². The van der Waals surface area contributed by atoms with E-state index in [-0.39, 0.29) is 16.2 Å². The van der Waals surface area contributed by atoms with Gasteiger partial charge in [0.1, 0.15) is 0 Å². The molecule has 1 aromatic carbocycles. The number of sulfonamides is 1. The van der Waals surface area contributed by atoms with E-state index < -0.39 is 25.9 Å². The van der Waals surface area contributed by atoms with E-state index in [1.807, 2.05) is 0 Å². The molecule has 0 saturated heterocycles. The van der Waals surface area contributed by atoms with Crippen LogP contribution >= 0.6 is 0 Å². The third-order valence-electron chi connectivity index (χ3n) is 6.14. The number of hydrogen-bond donors (Lipinski definition) is 1. The summed E-state index contributed by atoms with van der Waals surface area (Å²) >= 11 is 0. The Balaban J connectivity index is 1.78. The zero-order valence-corrected chi connectivity index (χ0v) is 19.8. The van der Waals surface area contributed by atoms with Crippen LogP contribution in [0.4, 0.5) is 0 Å². The second-order valence-corrected chi connectivity index (χ2v) is 12.5. The van der Waals surface area contributed by atoms with E-state index in [2.05, 4.69) is 5.32 Å². The molecule has 1 unspecified atom stereocenters. The number of hydrogen-bond acceptors (Lipinski definition) is 6. The monoisotopic (exact) mass is 485 g/mol. The molecule has 5 rings (SSSR count). The first-order valence-corrected chi connectivity index (χ1v) is 14.0. The maximum Gasteiger partial charge on any atom is 0.264 e. The fourth-order valence-corrected chi connectivity index (χ4v) is 7.07. The Hall–Kier alpha value is -3.11. The van der Waals surface area contributed by atoms with Crippen molar-refractivity contribution >= 4 is 31.1 Å². The lowest BCUT2D eigenvalue weighted by Gasteiger charge is -2.31. The SMILES string of the molecule is Cn1ccc2c(c1=O)C1=C3C(=CN(S(=O)(=O)c4ccccc4)C3CCN1)C=C2CS(C)(=O)=O. The second kappa shape index (κ2) is 7.46. The predicted octanol–water partition coefficient (Wildman–Crippen LogP) is 1.49. The molecule has 0 bridgehead atoms. The van der Waals surface area contributed by atoms with Crippen molar-refractivity contribution in [3.8, 4) is 0 Å². The number of allylic oxidation sites excluding steroid dienone is 1.